The van der Waals surface area contributed by atoms with E-state index in [0.29, 0.717) is 25.8 Å². The van der Waals surface area contributed by atoms with E-state index in [4.69, 9.17) is 5.11 Å². The van der Waals surface area contributed by atoms with Gasteiger partial charge in [0.2, 0.25) is 11.8 Å². The zero-order valence-corrected chi connectivity index (χ0v) is 12.1. The van der Waals surface area contributed by atoms with Crippen molar-refractivity contribution in [2.45, 2.75) is 32.1 Å². The first-order valence-electron chi connectivity index (χ1n) is 7.46. The van der Waals surface area contributed by atoms with Gasteiger partial charge in [0.15, 0.2) is 0 Å². The van der Waals surface area contributed by atoms with Crippen LogP contribution in [0.5, 0.6) is 0 Å². The Morgan fingerprint density at radius 2 is 1.90 bits per heavy atom. The third kappa shape index (κ3) is 5.55. The number of aliphatic hydroxyl groups is 1. The maximum atomic E-state index is 11.8. The Hall–Kier alpha value is -1.88. The quantitative estimate of drug-likeness (QED) is 0.634. The SMILES string of the molecule is O=C(CCCNC(=O)C1CC1)Nc1ccc(CCO)cc1. The van der Waals surface area contributed by atoms with Gasteiger partial charge in [0.25, 0.3) is 0 Å². The molecule has 0 atom stereocenters. The van der Waals surface area contributed by atoms with Crippen LogP contribution in [0, 0.1) is 5.92 Å². The van der Waals surface area contributed by atoms with Crippen LogP contribution in [0.3, 0.4) is 0 Å². The Labute approximate surface area is 124 Å². The van der Waals surface area contributed by atoms with Crippen molar-refractivity contribution in [3.63, 3.8) is 0 Å². The number of amides is 2. The van der Waals surface area contributed by atoms with Gasteiger partial charge in [-0.05, 0) is 43.4 Å². The van der Waals surface area contributed by atoms with Crippen molar-refractivity contribution in [1.82, 2.24) is 5.32 Å². The van der Waals surface area contributed by atoms with Crippen molar-refractivity contribution in [2.75, 3.05) is 18.5 Å². The molecule has 3 N–H and O–H groups in total. The summed E-state index contributed by atoms with van der Waals surface area (Å²) in [7, 11) is 0. The number of anilines is 1. The zero-order chi connectivity index (χ0) is 15.1. The van der Waals surface area contributed by atoms with Crippen molar-refractivity contribution >= 4 is 17.5 Å². The molecule has 1 aliphatic rings. The summed E-state index contributed by atoms with van der Waals surface area (Å²) in [5.41, 5.74) is 1.79. The van der Waals surface area contributed by atoms with Crippen LogP contribution in [0.15, 0.2) is 24.3 Å². The average molecular weight is 290 g/mol. The first-order chi connectivity index (χ1) is 10.2. The van der Waals surface area contributed by atoms with Gasteiger partial charge in [-0.2, -0.15) is 0 Å². The average Bonchev–Trinajstić information content (AvgIpc) is 3.30. The smallest absolute Gasteiger partial charge is 0.224 e. The first-order valence-corrected chi connectivity index (χ1v) is 7.46. The molecule has 1 aliphatic carbocycles. The van der Waals surface area contributed by atoms with Gasteiger partial charge >= 0.3 is 0 Å². The molecule has 5 heteroatoms. The highest BCUT2D eigenvalue weighted by atomic mass is 16.3. The van der Waals surface area contributed by atoms with E-state index >= 15 is 0 Å². The lowest BCUT2D eigenvalue weighted by Crippen LogP contribution is -2.26. The lowest BCUT2D eigenvalue weighted by atomic mass is 10.1. The highest BCUT2D eigenvalue weighted by Gasteiger charge is 2.28. The molecule has 2 amide bonds. The molecule has 0 heterocycles. The minimum absolute atomic E-state index is 0.0504. The number of hydrogen-bond donors (Lipinski definition) is 3. The highest BCUT2D eigenvalue weighted by Crippen LogP contribution is 2.28. The van der Waals surface area contributed by atoms with Crippen LogP contribution < -0.4 is 10.6 Å². The van der Waals surface area contributed by atoms with Crippen LogP contribution in [-0.2, 0) is 16.0 Å². The fourth-order valence-corrected chi connectivity index (χ4v) is 2.06. The van der Waals surface area contributed by atoms with Crippen molar-refractivity contribution in [2.24, 2.45) is 5.92 Å². The highest BCUT2D eigenvalue weighted by molar-refractivity contribution is 5.90. The van der Waals surface area contributed by atoms with E-state index in [1.165, 1.54) is 0 Å². The van der Waals surface area contributed by atoms with Crippen molar-refractivity contribution in [3.8, 4) is 0 Å². The van der Waals surface area contributed by atoms with Gasteiger partial charge in [0, 0.05) is 31.2 Å². The van der Waals surface area contributed by atoms with E-state index in [-0.39, 0.29) is 24.3 Å². The number of rotatable bonds is 8. The molecule has 0 radical (unpaired) electrons. The van der Waals surface area contributed by atoms with E-state index in [2.05, 4.69) is 10.6 Å². The predicted molar refractivity (Wildman–Crippen MR) is 80.8 cm³/mol. The third-order valence-corrected chi connectivity index (χ3v) is 3.47. The van der Waals surface area contributed by atoms with Gasteiger partial charge in [-0.3, -0.25) is 9.59 Å². The normalized spacial score (nSPS) is 13.8. The molecule has 0 unspecified atom stereocenters. The van der Waals surface area contributed by atoms with Gasteiger partial charge in [0.05, 0.1) is 0 Å². The minimum Gasteiger partial charge on any atom is -0.396 e. The van der Waals surface area contributed by atoms with E-state index in [1.54, 1.807) is 0 Å². The Morgan fingerprint density at radius 1 is 1.19 bits per heavy atom. The third-order valence-electron chi connectivity index (χ3n) is 3.47. The van der Waals surface area contributed by atoms with E-state index in [0.717, 1.165) is 24.1 Å². The molecular weight excluding hydrogens is 268 g/mol. The summed E-state index contributed by atoms with van der Waals surface area (Å²) < 4.78 is 0. The minimum atomic E-state index is -0.0504. The molecule has 1 aromatic carbocycles. The Morgan fingerprint density at radius 3 is 2.52 bits per heavy atom. The molecular formula is C16H22N2O3. The Bertz CT molecular complexity index is 481. The maximum absolute atomic E-state index is 11.8. The summed E-state index contributed by atoms with van der Waals surface area (Å²) in [5.74, 6) is 0.289. The van der Waals surface area contributed by atoms with Crippen LogP contribution in [0.25, 0.3) is 0 Å². The molecule has 0 bridgehead atoms. The fourth-order valence-electron chi connectivity index (χ4n) is 2.06. The number of carbonyl (C=O) groups excluding carboxylic acids is 2. The molecule has 0 aromatic heterocycles. The summed E-state index contributed by atoms with van der Waals surface area (Å²) >= 11 is 0. The Balaban J connectivity index is 1.62. The zero-order valence-electron chi connectivity index (χ0n) is 12.1. The van der Waals surface area contributed by atoms with E-state index in [9.17, 15) is 9.59 Å². The van der Waals surface area contributed by atoms with Gasteiger partial charge in [-0.25, -0.2) is 0 Å². The molecule has 1 fully saturated rings. The standard InChI is InChI=1S/C16H22N2O3/c19-11-9-12-3-7-14(8-4-12)18-15(20)2-1-10-17-16(21)13-5-6-13/h3-4,7-8,13,19H,1-2,5-6,9-11H2,(H,17,21)(H,18,20). The number of hydrogen-bond acceptors (Lipinski definition) is 3. The number of nitrogens with one attached hydrogen (secondary N) is 2. The lowest BCUT2D eigenvalue weighted by Gasteiger charge is -2.07. The molecule has 1 saturated carbocycles. The largest absolute Gasteiger partial charge is 0.396 e. The second-order valence-corrected chi connectivity index (χ2v) is 5.39. The number of aliphatic hydroxyl groups excluding tert-OH is 1. The lowest BCUT2D eigenvalue weighted by molar-refractivity contribution is -0.122. The van der Waals surface area contributed by atoms with E-state index < -0.39 is 0 Å². The Kier molecular flexibility index (Phi) is 5.75. The maximum Gasteiger partial charge on any atom is 0.224 e. The molecule has 2 rings (SSSR count). The van der Waals surface area contributed by atoms with Gasteiger partial charge in [-0.15, -0.1) is 0 Å². The van der Waals surface area contributed by atoms with Gasteiger partial charge < -0.3 is 15.7 Å². The van der Waals surface area contributed by atoms with Gasteiger partial charge in [0.1, 0.15) is 0 Å². The second-order valence-electron chi connectivity index (χ2n) is 5.39. The predicted octanol–water partition coefficient (Wildman–Crippen LogP) is 1.47. The molecule has 0 spiro atoms. The topological polar surface area (TPSA) is 78.4 Å². The monoisotopic (exact) mass is 290 g/mol. The van der Waals surface area contributed by atoms with Crippen molar-refractivity contribution < 1.29 is 14.7 Å². The molecule has 1 aromatic rings. The van der Waals surface area contributed by atoms with Crippen LogP contribution in [-0.4, -0.2) is 30.1 Å². The molecule has 5 nitrogen and oxygen atoms in total. The number of benzene rings is 1. The van der Waals surface area contributed by atoms with E-state index in [1.807, 2.05) is 24.3 Å². The molecule has 0 aliphatic heterocycles. The second kappa shape index (κ2) is 7.78. The summed E-state index contributed by atoms with van der Waals surface area (Å²) in [6.07, 6.45) is 3.66. The van der Waals surface area contributed by atoms with Crippen LogP contribution in [0.1, 0.15) is 31.2 Å². The number of carbonyl (C=O) groups is 2. The fraction of sp³-hybridized carbons (Fsp3) is 0.500. The van der Waals surface area contributed by atoms with Crippen LogP contribution in [0.4, 0.5) is 5.69 Å². The summed E-state index contributed by atoms with van der Waals surface area (Å²) in [5, 5.41) is 14.5. The van der Waals surface area contributed by atoms with Crippen LogP contribution >= 0.6 is 0 Å². The van der Waals surface area contributed by atoms with Crippen molar-refractivity contribution in [1.29, 1.82) is 0 Å². The first kappa shape index (κ1) is 15.5. The summed E-state index contributed by atoms with van der Waals surface area (Å²) in [4.78, 5) is 23.1. The van der Waals surface area contributed by atoms with Crippen LogP contribution in [0.2, 0.25) is 0 Å². The molecule has 21 heavy (non-hydrogen) atoms. The summed E-state index contributed by atoms with van der Waals surface area (Å²) in [6.45, 7) is 0.677. The molecule has 114 valence electrons. The molecule has 0 saturated heterocycles. The van der Waals surface area contributed by atoms with Crippen molar-refractivity contribution in [3.05, 3.63) is 29.8 Å². The van der Waals surface area contributed by atoms with Gasteiger partial charge in [-0.1, -0.05) is 12.1 Å². The summed E-state index contributed by atoms with van der Waals surface area (Å²) in [6, 6.07) is 7.44.